The summed E-state index contributed by atoms with van der Waals surface area (Å²) < 4.78 is 0.900. The number of nitrogens with zero attached hydrogens (tertiary/aromatic N) is 1. The summed E-state index contributed by atoms with van der Waals surface area (Å²) in [4.78, 5) is 3.97. The first-order valence-electron chi connectivity index (χ1n) is 5.98. The van der Waals surface area contributed by atoms with Crippen LogP contribution < -0.4 is 5.32 Å². The van der Waals surface area contributed by atoms with E-state index in [1.54, 1.807) is 11.3 Å². The van der Waals surface area contributed by atoms with E-state index in [4.69, 9.17) is 11.6 Å². The highest BCUT2D eigenvalue weighted by Crippen LogP contribution is 2.24. The van der Waals surface area contributed by atoms with Gasteiger partial charge >= 0.3 is 0 Å². The van der Waals surface area contributed by atoms with Gasteiger partial charge in [-0.3, -0.25) is 4.90 Å². The van der Waals surface area contributed by atoms with Crippen LogP contribution in [0.15, 0.2) is 12.1 Å². The Balaban J connectivity index is 1.95. The largest absolute Gasteiger partial charge is 0.314 e. The number of halogens is 1. The molecule has 0 bridgehead atoms. The zero-order chi connectivity index (χ0) is 11.4. The molecule has 1 N–H and O–H groups in total. The molecular formula is C12H19ClN2S. The minimum atomic E-state index is 0.694. The van der Waals surface area contributed by atoms with E-state index < -0.39 is 0 Å². The highest BCUT2D eigenvalue weighted by Gasteiger charge is 2.21. The van der Waals surface area contributed by atoms with Crippen molar-refractivity contribution >= 4 is 22.9 Å². The van der Waals surface area contributed by atoms with Gasteiger partial charge in [-0.15, -0.1) is 11.3 Å². The predicted octanol–water partition coefficient (Wildman–Crippen LogP) is 2.98. The SMILES string of the molecule is CCCC1CNCCN1Cc1ccc(Cl)s1. The Morgan fingerprint density at radius 2 is 2.44 bits per heavy atom. The zero-order valence-electron chi connectivity index (χ0n) is 9.71. The fraction of sp³-hybridized carbons (Fsp3) is 0.667. The molecule has 1 aliphatic heterocycles. The zero-order valence-corrected chi connectivity index (χ0v) is 11.3. The highest BCUT2D eigenvalue weighted by atomic mass is 35.5. The van der Waals surface area contributed by atoms with Crippen molar-refractivity contribution in [1.29, 1.82) is 0 Å². The Kier molecular flexibility index (Phi) is 4.65. The number of nitrogens with one attached hydrogen (secondary N) is 1. The van der Waals surface area contributed by atoms with E-state index in [-0.39, 0.29) is 0 Å². The van der Waals surface area contributed by atoms with Gasteiger partial charge in [-0.25, -0.2) is 0 Å². The highest BCUT2D eigenvalue weighted by molar-refractivity contribution is 7.16. The van der Waals surface area contributed by atoms with Gasteiger partial charge in [0.15, 0.2) is 0 Å². The van der Waals surface area contributed by atoms with Gasteiger partial charge in [0.1, 0.15) is 0 Å². The summed E-state index contributed by atoms with van der Waals surface area (Å²) in [7, 11) is 0. The molecule has 2 nitrogen and oxygen atoms in total. The molecule has 0 aromatic carbocycles. The third-order valence-corrected chi connectivity index (χ3v) is 4.30. The van der Waals surface area contributed by atoms with Crippen LogP contribution in [0.2, 0.25) is 4.34 Å². The lowest BCUT2D eigenvalue weighted by Gasteiger charge is -2.35. The first-order valence-corrected chi connectivity index (χ1v) is 7.18. The lowest BCUT2D eigenvalue weighted by atomic mass is 10.1. The van der Waals surface area contributed by atoms with Crippen LogP contribution in [0.25, 0.3) is 0 Å². The molecule has 4 heteroatoms. The average Bonchev–Trinajstić information content (AvgIpc) is 2.67. The summed E-state index contributed by atoms with van der Waals surface area (Å²) in [5.74, 6) is 0. The van der Waals surface area contributed by atoms with Crippen molar-refractivity contribution in [3.8, 4) is 0 Å². The molecule has 1 atom stereocenters. The van der Waals surface area contributed by atoms with Crippen molar-refractivity contribution < 1.29 is 0 Å². The normalized spacial score (nSPS) is 22.5. The van der Waals surface area contributed by atoms with Gasteiger partial charge < -0.3 is 5.32 Å². The van der Waals surface area contributed by atoms with E-state index in [0.29, 0.717) is 6.04 Å². The lowest BCUT2D eigenvalue weighted by Crippen LogP contribution is -2.50. The molecule has 1 aliphatic rings. The van der Waals surface area contributed by atoms with Crippen LogP contribution in [0.4, 0.5) is 0 Å². The molecule has 1 fully saturated rings. The number of hydrogen-bond donors (Lipinski definition) is 1. The number of hydrogen-bond acceptors (Lipinski definition) is 3. The van der Waals surface area contributed by atoms with Crippen molar-refractivity contribution in [2.24, 2.45) is 0 Å². The predicted molar refractivity (Wildman–Crippen MR) is 71.3 cm³/mol. The molecule has 1 aromatic rings. The standard InChI is InChI=1S/C12H19ClN2S/c1-2-3-10-8-14-6-7-15(10)9-11-4-5-12(13)16-11/h4-5,10,14H,2-3,6-9H2,1H3. The summed E-state index contributed by atoms with van der Waals surface area (Å²) in [5.41, 5.74) is 0. The molecule has 2 rings (SSSR count). The van der Waals surface area contributed by atoms with Gasteiger partial charge in [0.25, 0.3) is 0 Å². The molecule has 1 aromatic heterocycles. The Hall–Kier alpha value is -0.0900. The first kappa shape index (κ1) is 12.4. The minimum absolute atomic E-state index is 0.694. The second-order valence-electron chi connectivity index (χ2n) is 4.32. The molecule has 90 valence electrons. The van der Waals surface area contributed by atoms with Crippen molar-refractivity contribution in [3.63, 3.8) is 0 Å². The molecule has 1 saturated heterocycles. The smallest absolute Gasteiger partial charge is 0.0931 e. The van der Waals surface area contributed by atoms with Crippen molar-refractivity contribution in [1.82, 2.24) is 10.2 Å². The fourth-order valence-corrected chi connectivity index (χ4v) is 3.38. The number of piperazine rings is 1. The Labute approximate surface area is 107 Å². The molecule has 0 radical (unpaired) electrons. The second-order valence-corrected chi connectivity index (χ2v) is 6.12. The van der Waals surface area contributed by atoms with Crippen LogP contribution in [-0.2, 0) is 6.54 Å². The van der Waals surface area contributed by atoms with Crippen LogP contribution in [0, 0.1) is 0 Å². The van der Waals surface area contributed by atoms with Crippen LogP contribution in [0.3, 0.4) is 0 Å². The van der Waals surface area contributed by atoms with Crippen molar-refractivity contribution in [3.05, 3.63) is 21.3 Å². The Morgan fingerprint density at radius 3 is 3.12 bits per heavy atom. The number of thiophene rings is 1. The van der Waals surface area contributed by atoms with Crippen LogP contribution >= 0.6 is 22.9 Å². The minimum Gasteiger partial charge on any atom is -0.314 e. The fourth-order valence-electron chi connectivity index (χ4n) is 2.27. The van der Waals surface area contributed by atoms with Crippen molar-refractivity contribution in [2.45, 2.75) is 32.4 Å². The summed E-state index contributed by atoms with van der Waals surface area (Å²) in [6.45, 7) is 6.71. The van der Waals surface area contributed by atoms with Gasteiger partial charge in [0.05, 0.1) is 4.34 Å². The van der Waals surface area contributed by atoms with Crippen LogP contribution in [0.5, 0.6) is 0 Å². The maximum absolute atomic E-state index is 5.96. The Morgan fingerprint density at radius 1 is 1.56 bits per heavy atom. The van der Waals surface area contributed by atoms with E-state index in [9.17, 15) is 0 Å². The number of rotatable bonds is 4. The molecule has 1 unspecified atom stereocenters. The topological polar surface area (TPSA) is 15.3 Å². The van der Waals surface area contributed by atoms with E-state index >= 15 is 0 Å². The Bertz CT molecular complexity index is 325. The second kappa shape index (κ2) is 6.01. The van der Waals surface area contributed by atoms with Crippen molar-refractivity contribution in [2.75, 3.05) is 19.6 Å². The van der Waals surface area contributed by atoms with Gasteiger partial charge in [-0.2, -0.15) is 0 Å². The van der Waals surface area contributed by atoms with Gasteiger partial charge in [-0.05, 0) is 18.6 Å². The first-order chi connectivity index (χ1) is 7.79. The molecule has 0 spiro atoms. The third kappa shape index (κ3) is 3.20. The monoisotopic (exact) mass is 258 g/mol. The molecule has 0 saturated carbocycles. The molecule has 2 heterocycles. The summed E-state index contributed by atoms with van der Waals surface area (Å²) in [5, 5.41) is 3.48. The van der Waals surface area contributed by atoms with Gasteiger partial charge in [-0.1, -0.05) is 24.9 Å². The van der Waals surface area contributed by atoms with Gasteiger partial charge in [0, 0.05) is 37.1 Å². The quantitative estimate of drug-likeness (QED) is 0.893. The maximum atomic E-state index is 5.96. The summed E-state index contributed by atoms with van der Waals surface area (Å²) >= 11 is 7.67. The average molecular weight is 259 g/mol. The van der Waals surface area contributed by atoms with Gasteiger partial charge in [0.2, 0.25) is 0 Å². The molecular weight excluding hydrogens is 240 g/mol. The summed E-state index contributed by atoms with van der Waals surface area (Å²) in [6.07, 6.45) is 2.54. The lowest BCUT2D eigenvalue weighted by molar-refractivity contribution is 0.145. The van der Waals surface area contributed by atoms with E-state index in [2.05, 4.69) is 23.2 Å². The molecule has 16 heavy (non-hydrogen) atoms. The van der Waals surface area contributed by atoms with Crippen LogP contribution in [-0.4, -0.2) is 30.6 Å². The molecule has 0 aliphatic carbocycles. The summed E-state index contributed by atoms with van der Waals surface area (Å²) in [6, 6.07) is 4.84. The van der Waals surface area contributed by atoms with E-state index in [0.717, 1.165) is 30.5 Å². The maximum Gasteiger partial charge on any atom is 0.0931 e. The molecule has 0 amide bonds. The van der Waals surface area contributed by atoms with E-state index in [1.165, 1.54) is 17.7 Å². The van der Waals surface area contributed by atoms with Crippen LogP contribution in [0.1, 0.15) is 24.6 Å². The third-order valence-electron chi connectivity index (χ3n) is 3.08. The van der Waals surface area contributed by atoms with E-state index in [1.807, 2.05) is 6.07 Å².